The minimum atomic E-state index is 0.0209. The van der Waals surface area contributed by atoms with Gasteiger partial charge in [0.25, 0.3) is 5.91 Å². The van der Waals surface area contributed by atoms with Crippen LogP contribution in [0.1, 0.15) is 28.9 Å². The van der Waals surface area contributed by atoms with Crippen LogP contribution in [-0.4, -0.2) is 22.2 Å². The molecular weight excluding hydrogens is 166 g/mol. The molecule has 1 aromatic rings. The number of rotatable bonds is 0. The van der Waals surface area contributed by atoms with Gasteiger partial charge in [-0.3, -0.25) is 9.48 Å². The molecule has 1 fully saturated rings. The fraction of sp³-hybridized carbons (Fsp3) is 0.556. The van der Waals surface area contributed by atoms with Gasteiger partial charge in [0.1, 0.15) is 5.69 Å². The molecule has 1 aromatic heterocycles. The van der Waals surface area contributed by atoms with E-state index >= 15 is 0 Å². The van der Waals surface area contributed by atoms with E-state index in [9.17, 15) is 4.79 Å². The monoisotopic (exact) mass is 177 g/mol. The molecule has 4 nitrogen and oxygen atoms in total. The third-order valence-electron chi connectivity index (χ3n) is 3.02. The number of aromatic nitrogens is 2. The second-order valence-electron chi connectivity index (χ2n) is 4.00. The standard InChI is InChI=1S/C9H11N3O/c1-6-4-11-12-7(6)8(13)10-5-9(12)2-3-9/h4H,2-3,5H2,1H3,(H,10,13). The van der Waals surface area contributed by atoms with Crippen molar-refractivity contribution in [3.05, 3.63) is 17.5 Å². The van der Waals surface area contributed by atoms with E-state index in [1.807, 2.05) is 11.6 Å². The molecule has 3 rings (SSSR count). The maximum Gasteiger partial charge on any atom is 0.269 e. The van der Waals surface area contributed by atoms with E-state index in [1.165, 1.54) is 0 Å². The Bertz CT molecular complexity index is 390. The van der Waals surface area contributed by atoms with Crippen molar-refractivity contribution in [1.82, 2.24) is 15.1 Å². The van der Waals surface area contributed by atoms with Gasteiger partial charge < -0.3 is 5.32 Å². The lowest BCUT2D eigenvalue weighted by molar-refractivity contribution is 0.0901. The summed E-state index contributed by atoms with van der Waals surface area (Å²) in [5.74, 6) is 0.0209. The zero-order valence-corrected chi connectivity index (χ0v) is 7.50. The van der Waals surface area contributed by atoms with Gasteiger partial charge in [-0.05, 0) is 19.8 Å². The summed E-state index contributed by atoms with van der Waals surface area (Å²) in [7, 11) is 0. The van der Waals surface area contributed by atoms with E-state index in [1.54, 1.807) is 6.20 Å². The highest BCUT2D eigenvalue weighted by molar-refractivity contribution is 5.94. The summed E-state index contributed by atoms with van der Waals surface area (Å²) >= 11 is 0. The Hall–Kier alpha value is -1.32. The molecule has 1 amide bonds. The van der Waals surface area contributed by atoms with E-state index in [-0.39, 0.29) is 11.4 Å². The lowest BCUT2D eigenvalue weighted by atomic mass is 10.1. The molecule has 1 aliphatic heterocycles. The Morgan fingerprint density at radius 2 is 2.38 bits per heavy atom. The third kappa shape index (κ3) is 0.753. The van der Waals surface area contributed by atoms with Crippen LogP contribution in [0.25, 0.3) is 0 Å². The molecule has 1 N–H and O–H groups in total. The molecule has 0 atom stereocenters. The zero-order valence-electron chi connectivity index (χ0n) is 7.50. The van der Waals surface area contributed by atoms with Crippen LogP contribution in [0.15, 0.2) is 6.20 Å². The first-order valence-electron chi connectivity index (χ1n) is 4.56. The number of hydrogen-bond donors (Lipinski definition) is 1. The van der Waals surface area contributed by atoms with Crippen LogP contribution in [0.3, 0.4) is 0 Å². The fourth-order valence-electron chi connectivity index (χ4n) is 2.00. The number of nitrogens with one attached hydrogen (secondary N) is 1. The van der Waals surface area contributed by atoms with Crippen molar-refractivity contribution in [1.29, 1.82) is 0 Å². The number of hydrogen-bond acceptors (Lipinski definition) is 2. The second-order valence-corrected chi connectivity index (χ2v) is 4.00. The highest BCUT2D eigenvalue weighted by Crippen LogP contribution is 2.45. The average Bonchev–Trinajstić information content (AvgIpc) is 2.78. The number of aryl methyl sites for hydroxylation is 1. The van der Waals surface area contributed by atoms with E-state index < -0.39 is 0 Å². The molecule has 0 radical (unpaired) electrons. The molecule has 0 unspecified atom stereocenters. The van der Waals surface area contributed by atoms with E-state index in [2.05, 4.69) is 10.4 Å². The van der Waals surface area contributed by atoms with E-state index in [4.69, 9.17) is 0 Å². The predicted octanol–water partition coefficient (Wildman–Crippen LogP) is 0.424. The molecule has 1 aliphatic carbocycles. The summed E-state index contributed by atoms with van der Waals surface area (Å²) in [6, 6.07) is 0. The highest BCUT2D eigenvalue weighted by Gasteiger charge is 2.50. The molecule has 1 spiro atoms. The SMILES string of the molecule is Cc1cnn2c1C(=O)NCC21CC1. The van der Waals surface area contributed by atoms with Gasteiger partial charge in [-0.25, -0.2) is 0 Å². The summed E-state index contributed by atoms with van der Waals surface area (Å²) in [5, 5.41) is 7.20. The minimum Gasteiger partial charge on any atom is -0.348 e. The Kier molecular flexibility index (Phi) is 1.07. The van der Waals surface area contributed by atoms with Crippen LogP contribution in [0.2, 0.25) is 0 Å². The first kappa shape index (κ1) is 7.12. The molecule has 2 heterocycles. The number of fused-ring (bicyclic) bond motifs is 2. The van der Waals surface area contributed by atoms with Crippen LogP contribution in [-0.2, 0) is 5.54 Å². The quantitative estimate of drug-likeness (QED) is 0.624. The molecular formula is C9H11N3O. The molecule has 13 heavy (non-hydrogen) atoms. The van der Waals surface area contributed by atoms with Crippen molar-refractivity contribution < 1.29 is 4.79 Å². The van der Waals surface area contributed by atoms with Gasteiger partial charge in [-0.15, -0.1) is 0 Å². The number of carbonyl (C=O) groups is 1. The fourth-order valence-corrected chi connectivity index (χ4v) is 2.00. The predicted molar refractivity (Wildman–Crippen MR) is 46.5 cm³/mol. The molecule has 0 saturated heterocycles. The van der Waals surface area contributed by atoms with Crippen molar-refractivity contribution in [2.45, 2.75) is 25.3 Å². The summed E-state index contributed by atoms with van der Waals surface area (Å²) in [4.78, 5) is 11.5. The first-order chi connectivity index (χ1) is 6.23. The molecule has 0 bridgehead atoms. The Balaban J connectivity index is 2.23. The van der Waals surface area contributed by atoms with Gasteiger partial charge in [-0.2, -0.15) is 5.10 Å². The van der Waals surface area contributed by atoms with Gasteiger partial charge in [0.2, 0.25) is 0 Å². The average molecular weight is 177 g/mol. The topological polar surface area (TPSA) is 46.9 Å². The van der Waals surface area contributed by atoms with Gasteiger partial charge in [-0.1, -0.05) is 0 Å². The maximum absolute atomic E-state index is 11.5. The molecule has 2 aliphatic rings. The first-order valence-corrected chi connectivity index (χ1v) is 4.56. The Morgan fingerprint density at radius 1 is 1.62 bits per heavy atom. The smallest absolute Gasteiger partial charge is 0.269 e. The van der Waals surface area contributed by atoms with Crippen LogP contribution in [0.5, 0.6) is 0 Å². The summed E-state index contributed by atoms with van der Waals surface area (Å²) in [6.07, 6.45) is 4.06. The van der Waals surface area contributed by atoms with Crippen molar-refractivity contribution in [3.63, 3.8) is 0 Å². The Labute approximate surface area is 75.9 Å². The largest absolute Gasteiger partial charge is 0.348 e. The number of amides is 1. The zero-order chi connectivity index (χ0) is 9.05. The van der Waals surface area contributed by atoms with Crippen LogP contribution >= 0.6 is 0 Å². The molecule has 4 heteroatoms. The lowest BCUT2D eigenvalue weighted by Gasteiger charge is -2.24. The summed E-state index contributed by atoms with van der Waals surface area (Å²) in [6.45, 7) is 2.68. The van der Waals surface area contributed by atoms with E-state index in [0.717, 1.165) is 30.6 Å². The second kappa shape index (κ2) is 1.95. The molecule has 0 aromatic carbocycles. The van der Waals surface area contributed by atoms with Gasteiger partial charge in [0, 0.05) is 12.1 Å². The minimum absolute atomic E-state index is 0.0209. The van der Waals surface area contributed by atoms with Gasteiger partial charge in [0.05, 0.1) is 11.7 Å². The van der Waals surface area contributed by atoms with Crippen molar-refractivity contribution >= 4 is 5.91 Å². The van der Waals surface area contributed by atoms with Crippen molar-refractivity contribution in [3.8, 4) is 0 Å². The Morgan fingerprint density at radius 3 is 3.08 bits per heavy atom. The van der Waals surface area contributed by atoms with Crippen LogP contribution < -0.4 is 5.32 Å². The number of carbonyl (C=O) groups excluding carboxylic acids is 1. The van der Waals surface area contributed by atoms with Gasteiger partial charge >= 0.3 is 0 Å². The normalized spacial score (nSPS) is 22.7. The lowest BCUT2D eigenvalue weighted by Crippen LogP contribution is -2.44. The van der Waals surface area contributed by atoms with Crippen LogP contribution in [0, 0.1) is 6.92 Å². The van der Waals surface area contributed by atoms with Crippen LogP contribution in [0.4, 0.5) is 0 Å². The van der Waals surface area contributed by atoms with Crippen molar-refractivity contribution in [2.24, 2.45) is 0 Å². The highest BCUT2D eigenvalue weighted by atomic mass is 16.2. The third-order valence-corrected chi connectivity index (χ3v) is 3.02. The maximum atomic E-state index is 11.5. The number of nitrogens with zero attached hydrogens (tertiary/aromatic N) is 2. The molecule has 68 valence electrons. The van der Waals surface area contributed by atoms with Gasteiger partial charge in [0.15, 0.2) is 0 Å². The van der Waals surface area contributed by atoms with Crippen molar-refractivity contribution in [2.75, 3.05) is 6.54 Å². The summed E-state index contributed by atoms with van der Waals surface area (Å²) in [5.41, 5.74) is 1.87. The molecule has 1 saturated carbocycles. The van der Waals surface area contributed by atoms with E-state index in [0.29, 0.717) is 0 Å². The summed E-state index contributed by atoms with van der Waals surface area (Å²) < 4.78 is 1.92.